The maximum atomic E-state index is 12.7. The lowest BCUT2D eigenvalue weighted by Crippen LogP contribution is -2.42. The molecule has 1 aromatic heterocycles. The van der Waals surface area contributed by atoms with Crippen LogP contribution < -0.4 is 4.72 Å². The van der Waals surface area contributed by atoms with E-state index in [1.807, 2.05) is 37.3 Å². The molecule has 24 heavy (non-hydrogen) atoms. The maximum absolute atomic E-state index is 12.7. The van der Waals surface area contributed by atoms with Crippen LogP contribution in [0.4, 0.5) is 0 Å². The molecule has 1 fully saturated rings. The van der Waals surface area contributed by atoms with E-state index in [1.165, 1.54) is 0 Å². The Labute approximate surface area is 144 Å². The summed E-state index contributed by atoms with van der Waals surface area (Å²) >= 11 is 0. The van der Waals surface area contributed by atoms with Crippen molar-refractivity contribution in [3.05, 3.63) is 59.9 Å². The number of aromatic nitrogens is 1. The summed E-state index contributed by atoms with van der Waals surface area (Å²) in [5.74, 6) is 0.300. The molecule has 3 rings (SSSR count). The monoisotopic (exact) mass is 344 g/mol. The summed E-state index contributed by atoms with van der Waals surface area (Å²) < 4.78 is 28.3. The normalized spacial score (nSPS) is 21.5. The van der Waals surface area contributed by atoms with Gasteiger partial charge in [-0.1, -0.05) is 36.6 Å². The van der Waals surface area contributed by atoms with Crippen molar-refractivity contribution in [3.63, 3.8) is 0 Å². The van der Waals surface area contributed by atoms with Gasteiger partial charge >= 0.3 is 0 Å². The second-order valence-corrected chi connectivity index (χ2v) is 8.32. The van der Waals surface area contributed by atoms with Crippen molar-refractivity contribution < 1.29 is 8.42 Å². The molecule has 1 heterocycles. The van der Waals surface area contributed by atoms with Crippen LogP contribution in [0.1, 0.15) is 36.9 Å². The van der Waals surface area contributed by atoms with Crippen molar-refractivity contribution >= 4 is 10.0 Å². The number of aryl methyl sites for hydroxylation is 1. The van der Waals surface area contributed by atoms with Crippen molar-refractivity contribution in [2.75, 3.05) is 0 Å². The molecule has 2 atom stereocenters. The van der Waals surface area contributed by atoms with Crippen LogP contribution in [0.5, 0.6) is 0 Å². The van der Waals surface area contributed by atoms with Gasteiger partial charge in [0.2, 0.25) is 10.0 Å². The maximum Gasteiger partial charge on any atom is 0.240 e. The highest BCUT2D eigenvalue weighted by atomic mass is 32.2. The van der Waals surface area contributed by atoms with Crippen LogP contribution in [0.3, 0.4) is 0 Å². The Bertz CT molecular complexity index is 758. The lowest BCUT2D eigenvalue weighted by molar-refractivity contribution is 0.286. The molecule has 2 aromatic rings. The molecule has 1 saturated carbocycles. The fourth-order valence-corrected chi connectivity index (χ4v) is 4.72. The largest absolute Gasteiger partial charge is 0.261 e. The second-order valence-electron chi connectivity index (χ2n) is 6.61. The summed E-state index contributed by atoms with van der Waals surface area (Å²) in [6, 6.07) is 12.9. The van der Waals surface area contributed by atoms with Crippen LogP contribution in [0, 0.1) is 12.8 Å². The molecule has 5 heteroatoms. The number of nitrogens with one attached hydrogen (secondary N) is 1. The molecule has 1 aliphatic rings. The zero-order valence-corrected chi connectivity index (χ0v) is 14.8. The van der Waals surface area contributed by atoms with Gasteiger partial charge in [-0.2, -0.15) is 0 Å². The Morgan fingerprint density at radius 1 is 1.08 bits per heavy atom. The molecular weight excluding hydrogens is 320 g/mol. The number of rotatable bonds is 5. The van der Waals surface area contributed by atoms with E-state index in [9.17, 15) is 8.42 Å². The van der Waals surface area contributed by atoms with Gasteiger partial charge in [0.15, 0.2) is 0 Å². The highest BCUT2D eigenvalue weighted by Gasteiger charge is 2.29. The Balaban J connectivity index is 1.74. The summed E-state index contributed by atoms with van der Waals surface area (Å²) in [7, 11) is -3.47. The average Bonchev–Trinajstić information content (AvgIpc) is 2.58. The minimum atomic E-state index is -3.47. The number of nitrogens with zero attached hydrogens (tertiary/aromatic N) is 1. The molecule has 128 valence electrons. The summed E-state index contributed by atoms with van der Waals surface area (Å²) in [6.45, 7) is 1.95. The van der Waals surface area contributed by atoms with Crippen LogP contribution in [0.2, 0.25) is 0 Å². The minimum absolute atomic E-state index is 0.0212. The summed E-state index contributed by atoms with van der Waals surface area (Å²) in [4.78, 5) is 4.74. The molecule has 0 spiro atoms. The third-order valence-corrected chi connectivity index (χ3v) is 6.25. The molecule has 0 unspecified atom stereocenters. The van der Waals surface area contributed by atoms with E-state index < -0.39 is 10.0 Å². The number of pyridine rings is 1. The summed E-state index contributed by atoms with van der Waals surface area (Å²) in [5.41, 5.74) is 2.09. The standard InChI is InChI=1S/C19H24N2O2S/c1-15-9-11-18(12-10-15)24(22,23)21-19-8-3-2-6-16(19)14-17-7-4-5-13-20-17/h4-5,7,9-13,16,19,21H,2-3,6,8,14H2,1H3/t16-,19+/m0/s1. The third kappa shape index (κ3) is 4.22. The first kappa shape index (κ1) is 17.1. The van der Waals surface area contributed by atoms with Gasteiger partial charge in [0.1, 0.15) is 0 Å². The Morgan fingerprint density at radius 2 is 1.83 bits per heavy atom. The first-order valence-electron chi connectivity index (χ1n) is 8.53. The first-order valence-corrected chi connectivity index (χ1v) is 10.0. The lowest BCUT2D eigenvalue weighted by Gasteiger charge is -2.32. The van der Waals surface area contributed by atoms with Gasteiger partial charge in [0, 0.05) is 17.9 Å². The number of benzene rings is 1. The van der Waals surface area contributed by atoms with Crippen molar-refractivity contribution in [1.82, 2.24) is 9.71 Å². The highest BCUT2D eigenvalue weighted by molar-refractivity contribution is 7.89. The fraction of sp³-hybridized carbons (Fsp3) is 0.421. The van der Waals surface area contributed by atoms with Crippen LogP contribution in [0.15, 0.2) is 53.6 Å². The van der Waals surface area contributed by atoms with E-state index in [4.69, 9.17) is 0 Å². The van der Waals surface area contributed by atoms with Crippen LogP contribution in [-0.4, -0.2) is 19.4 Å². The van der Waals surface area contributed by atoms with Gasteiger partial charge in [0.25, 0.3) is 0 Å². The predicted molar refractivity (Wildman–Crippen MR) is 95.2 cm³/mol. The van der Waals surface area contributed by atoms with Crippen molar-refractivity contribution in [1.29, 1.82) is 0 Å². The number of sulfonamides is 1. The predicted octanol–water partition coefficient (Wildman–Crippen LogP) is 3.47. The smallest absolute Gasteiger partial charge is 0.240 e. The van der Waals surface area contributed by atoms with Gasteiger partial charge in [-0.15, -0.1) is 0 Å². The second kappa shape index (κ2) is 7.45. The molecule has 0 amide bonds. The zero-order valence-electron chi connectivity index (χ0n) is 14.0. The van der Waals surface area contributed by atoms with Gasteiger partial charge < -0.3 is 0 Å². The Hall–Kier alpha value is -1.72. The summed E-state index contributed by atoms with van der Waals surface area (Å²) in [6.07, 6.45) is 6.77. The first-order chi connectivity index (χ1) is 11.5. The Morgan fingerprint density at radius 3 is 2.54 bits per heavy atom. The van der Waals surface area contributed by atoms with Crippen LogP contribution in [0.25, 0.3) is 0 Å². The van der Waals surface area contributed by atoms with Crippen LogP contribution >= 0.6 is 0 Å². The molecule has 0 aliphatic heterocycles. The molecule has 0 bridgehead atoms. The molecular formula is C19H24N2O2S. The molecule has 0 saturated heterocycles. The fourth-order valence-electron chi connectivity index (χ4n) is 3.38. The molecule has 1 aromatic carbocycles. The van der Waals surface area contributed by atoms with Gasteiger partial charge in [0.05, 0.1) is 4.90 Å². The number of hydrogen-bond acceptors (Lipinski definition) is 3. The SMILES string of the molecule is Cc1ccc(S(=O)(=O)N[C@@H]2CCCC[C@H]2Cc2ccccn2)cc1. The highest BCUT2D eigenvalue weighted by Crippen LogP contribution is 2.28. The zero-order chi connectivity index (χ0) is 17.0. The van der Waals surface area contributed by atoms with E-state index >= 15 is 0 Å². The van der Waals surface area contributed by atoms with E-state index in [0.29, 0.717) is 10.8 Å². The summed E-state index contributed by atoms with van der Waals surface area (Å²) in [5, 5.41) is 0. The third-order valence-electron chi connectivity index (χ3n) is 4.74. The molecule has 1 N–H and O–H groups in total. The van der Waals surface area contributed by atoms with E-state index in [2.05, 4.69) is 9.71 Å². The van der Waals surface area contributed by atoms with Crippen molar-refractivity contribution in [2.24, 2.45) is 5.92 Å². The van der Waals surface area contributed by atoms with E-state index in [1.54, 1.807) is 18.3 Å². The van der Waals surface area contributed by atoms with Gasteiger partial charge in [-0.3, -0.25) is 4.98 Å². The number of hydrogen-bond donors (Lipinski definition) is 1. The van der Waals surface area contributed by atoms with Crippen LogP contribution in [-0.2, 0) is 16.4 Å². The van der Waals surface area contributed by atoms with E-state index in [0.717, 1.165) is 43.4 Å². The quantitative estimate of drug-likeness (QED) is 0.903. The lowest BCUT2D eigenvalue weighted by atomic mass is 9.82. The average molecular weight is 344 g/mol. The Kier molecular flexibility index (Phi) is 5.31. The topological polar surface area (TPSA) is 59.1 Å². The van der Waals surface area contributed by atoms with Crippen molar-refractivity contribution in [3.8, 4) is 0 Å². The molecule has 0 radical (unpaired) electrons. The van der Waals surface area contributed by atoms with Gasteiger partial charge in [-0.05, 0) is 56.4 Å². The molecule has 4 nitrogen and oxygen atoms in total. The van der Waals surface area contributed by atoms with Crippen molar-refractivity contribution in [2.45, 2.75) is 50.0 Å². The minimum Gasteiger partial charge on any atom is -0.261 e. The van der Waals surface area contributed by atoms with E-state index in [-0.39, 0.29) is 6.04 Å². The van der Waals surface area contributed by atoms with Gasteiger partial charge in [-0.25, -0.2) is 13.1 Å². The molecule has 1 aliphatic carbocycles.